The molecule has 1 fully saturated rings. The minimum atomic E-state index is 0.893. The van der Waals surface area contributed by atoms with Crippen LogP contribution in [0.4, 0.5) is 0 Å². The number of hydrogen-bond acceptors (Lipinski definition) is 0. The van der Waals surface area contributed by atoms with Crippen LogP contribution in [0.3, 0.4) is 0 Å². The van der Waals surface area contributed by atoms with Gasteiger partial charge in [0.15, 0.2) is 0 Å². The van der Waals surface area contributed by atoms with E-state index in [0.717, 1.165) is 5.92 Å². The lowest BCUT2D eigenvalue weighted by molar-refractivity contribution is 0.993. The Bertz CT molecular complexity index is 332. The van der Waals surface area contributed by atoms with E-state index in [-0.39, 0.29) is 0 Å². The van der Waals surface area contributed by atoms with Gasteiger partial charge in [-0.1, -0.05) is 26.0 Å². The second-order valence-corrected chi connectivity index (χ2v) is 4.46. The van der Waals surface area contributed by atoms with Gasteiger partial charge >= 0.3 is 0 Å². The van der Waals surface area contributed by atoms with E-state index < -0.39 is 0 Å². The Morgan fingerprint density at radius 3 is 2.36 bits per heavy atom. The van der Waals surface area contributed by atoms with Crippen molar-refractivity contribution in [1.82, 2.24) is 0 Å². The molecule has 1 aliphatic rings. The molecular weight excluding hydrogens is 168 g/mol. The van der Waals surface area contributed by atoms with Crippen molar-refractivity contribution in [3.8, 4) is 0 Å². The molecule has 1 aromatic rings. The summed E-state index contributed by atoms with van der Waals surface area (Å²) in [4.78, 5) is 0. The largest absolute Gasteiger partial charge is 0.0613 e. The molecule has 0 N–H and O–H groups in total. The topological polar surface area (TPSA) is 0 Å². The lowest BCUT2D eigenvalue weighted by Crippen LogP contribution is -1.97. The summed E-state index contributed by atoms with van der Waals surface area (Å²) < 4.78 is 0. The highest BCUT2D eigenvalue weighted by Crippen LogP contribution is 2.41. The highest BCUT2D eigenvalue weighted by atomic mass is 14.3. The van der Waals surface area contributed by atoms with Gasteiger partial charge in [0.25, 0.3) is 0 Å². The smallest absolute Gasteiger partial charge is 0.0161 e. The quantitative estimate of drug-likeness (QED) is 0.672. The van der Waals surface area contributed by atoms with E-state index in [1.54, 1.807) is 16.7 Å². The number of hydrogen-bond donors (Lipinski definition) is 0. The van der Waals surface area contributed by atoms with Gasteiger partial charge in [-0.15, -0.1) is 0 Å². The summed E-state index contributed by atoms with van der Waals surface area (Å²) in [5.74, 6) is 0.893. The van der Waals surface area contributed by atoms with Gasteiger partial charge in [0, 0.05) is 0 Å². The Morgan fingerprint density at radius 2 is 1.86 bits per heavy atom. The van der Waals surface area contributed by atoms with Crippen molar-refractivity contribution in [2.45, 2.75) is 52.4 Å². The van der Waals surface area contributed by atoms with Crippen molar-refractivity contribution in [2.24, 2.45) is 0 Å². The van der Waals surface area contributed by atoms with E-state index in [0.29, 0.717) is 0 Å². The van der Waals surface area contributed by atoms with Crippen LogP contribution < -0.4 is 0 Å². The summed E-state index contributed by atoms with van der Waals surface area (Å²) >= 11 is 0. The van der Waals surface area contributed by atoms with Gasteiger partial charge in [0.1, 0.15) is 0 Å². The lowest BCUT2D eigenvalue weighted by Gasteiger charge is -2.12. The van der Waals surface area contributed by atoms with Crippen LogP contribution in [-0.4, -0.2) is 0 Å². The fourth-order valence-electron chi connectivity index (χ4n) is 2.39. The maximum atomic E-state index is 2.45. The van der Waals surface area contributed by atoms with E-state index in [4.69, 9.17) is 0 Å². The fraction of sp³-hybridized carbons (Fsp3) is 0.571. The second-order valence-electron chi connectivity index (χ2n) is 4.46. The Labute approximate surface area is 87.3 Å². The predicted molar refractivity (Wildman–Crippen MR) is 61.9 cm³/mol. The van der Waals surface area contributed by atoms with E-state index >= 15 is 0 Å². The molecule has 1 saturated carbocycles. The molecule has 0 atom stereocenters. The lowest BCUT2D eigenvalue weighted by atomic mass is 9.93. The van der Waals surface area contributed by atoms with Crippen LogP contribution in [0.15, 0.2) is 12.1 Å². The monoisotopic (exact) mass is 188 g/mol. The summed E-state index contributed by atoms with van der Waals surface area (Å²) in [7, 11) is 0. The maximum Gasteiger partial charge on any atom is -0.0161 e. The minimum absolute atomic E-state index is 0.893. The number of aryl methyl sites for hydroxylation is 2. The molecular formula is C14H20. The molecule has 0 amide bonds. The maximum absolute atomic E-state index is 2.45. The highest BCUT2D eigenvalue weighted by Gasteiger charge is 2.24. The SMILES string of the molecule is CCc1cc(C2CC2)cc(C)c1CC. The Balaban J connectivity index is 2.43. The van der Waals surface area contributed by atoms with Gasteiger partial charge in [-0.2, -0.15) is 0 Å². The molecule has 0 bridgehead atoms. The van der Waals surface area contributed by atoms with E-state index in [1.807, 2.05) is 0 Å². The number of benzene rings is 1. The van der Waals surface area contributed by atoms with Gasteiger partial charge in [-0.05, 0) is 60.8 Å². The van der Waals surface area contributed by atoms with Crippen LogP contribution in [0.5, 0.6) is 0 Å². The van der Waals surface area contributed by atoms with E-state index in [9.17, 15) is 0 Å². The van der Waals surface area contributed by atoms with Crippen molar-refractivity contribution in [3.05, 3.63) is 34.4 Å². The van der Waals surface area contributed by atoms with Gasteiger partial charge < -0.3 is 0 Å². The molecule has 76 valence electrons. The molecule has 0 aliphatic heterocycles. The molecule has 1 aliphatic carbocycles. The number of rotatable bonds is 3. The summed E-state index contributed by atoms with van der Waals surface area (Å²) in [6.45, 7) is 6.80. The molecule has 0 radical (unpaired) electrons. The molecule has 0 saturated heterocycles. The summed E-state index contributed by atoms with van der Waals surface area (Å²) in [6.07, 6.45) is 5.19. The van der Waals surface area contributed by atoms with Crippen LogP contribution in [-0.2, 0) is 12.8 Å². The summed E-state index contributed by atoms with van der Waals surface area (Å²) in [5, 5.41) is 0. The highest BCUT2D eigenvalue weighted by molar-refractivity contribution is 5.41. The van der Waals surface area contributed by atoms with Crippen LogP contribution in [0.1, 0.15) is 54.9 Å². The minimum Gasteiger partial charge on any atom is -0.0613 e. The van der Waals surface area contributed by atoms with Crippen molar-refractivity contribution in [2.75, 3.05) is 0 Å². The second kappa shape index (κ2) is 3.76. The third-order valence-electron chi connectivity index (χ3n) is 3.37. The molecule has 0 aromatic heterocycles. The van der Waals surface area contributed by atoms with Crippen molar-refractivity contribution in [3.63, 3.8) is 0 Å². The third-order valence-corrected chi connectivity index (χ3v) is 3.37. The Kier molecular flexibility index (Phi) is 2.62. The first kappa shape index (κ1) is 9.76. The van der Waals surface area contributed by atoms with Crippen LogP contribution in [0.2, 0.25) is 0 Å². The Morgan fingerprint density at radius 1 is 1.14 bits per heavy atom. The zero-order valence-electron chi connectivity index (χ0n) is 9.56. The van der Waals surface area contributed by atoms with Crippen molar-refractivity contribution in [1.29, 1.82) is 0 Å². The van der Waals surface area contributed by atoms with Crippen LogP contribution in [0.25, 0.3) is 0 Å². The standard InChI is InChI=1S/C14H20/c1-4-11-9-13(12-6-7-12)8-10(3)14(11)5-2/h8-9,12H,4-7H2,1-3H3. The molecule has 0 nitrogen and oxygen atoms in total. The van der Waals surface area contributed by atoms with Crippen molar-refractivity contribution >= 4 is 0 Å². The third kappa shape index (κ3) is 1.70. The molecule has 0 heterocycles. The Hall–Kier alpha value is -0.780. The average Bonchev–Trinajstić information content (AvgIpc) is 2.99. The normalized spacial score (nSPS) is 15.9. The molecule has 0 spiro atoms. The summed E-state index contributed by atoms with van der Waals surface area (Å²) in [5.41, 5.74) is 6.26. The first-order valence-electron chi connectivity index (χ1n) is 5.88. The zero-order chi connectivity index (χ0) is 10.1. The molecule has 0 heteroatoms. The van der Waals surface area contributed by atoms with E-state index in [2.05, 4.69) is 32.9 Å². The predicted octanol–water partition coefficient (Wildman–Crippen LogP) is 4.00. The summed E-state index contributed by atoms with van der Waals surface area (Å²) in [6, 6.07) is 4.86. The fourth-order valence-corrected chi connectivity index (χ4v) is 2.39. The zero-order valence-corrected chi connectivity index (χ0v) is 9.56. The molecule has 14 heavy (non-hydrogen) atoms. The first-order valence-corrected chi connectivity index (χ1v) is 5.88. The van der Waals surface area contributed by atoms with Gasteiger partial charge in [0.2, 0.25) is 0 Å². The van der Waals surface area contributed by atoms with Crippen LogP contribution >= 0.6 is 0 Å². The molecule has 2 rings (SSSR count). The van der Waals surface area contributed by atoms with Crippen LogP contribution in [0, 0.1) is 6.92 Å². The van der Waals surface area contributed by atoms with Crippen molar-refractivity contribution < 1.29 is 0 Å². The molecule has 0 unspecified atom stereocenters. The molecule has 1 aromatic carbocycles. The van der Waals surface area contributed by atoms with Gasteiger partial charge in [0.05, 0.1) is 0 Å². The first-order chi connectivity index (χ1) is 6.76. The average molecular weight is 188 g/mol. The van der Waals surface area contributed by atoms with Gasteiger partial charge in [-0.3, -0.25) is 0 Å². The van der Waals surface area contributed by atoms with Gasteiger partial charge in [-0.25, -0.2) is 0 Å². The van der Waals surface area contributed by atoms with E-state index in [1.165, 1.54) is 31.2 Å².